The second-order valence-electron chi connectivity index (χ2n) is 5.80. The fraction of sp³-hybridized carbons (Fsp3) is 0.333. The summed E-state index contributed by atoms with van der Waals surface area (Å²) in [7, 11) is -1.72. The lowest BCUT2D eigenvalue weighted by molar-refractivity contribution is 0.407. The van der Waals surface area contributed by atoms with Crippen LogP contribution in [-0.2, 0) is 22.3 Å². The van der Waals surface area contributed by atoms with Crippen molar-refractivity contribution in [2.75, 3.05) is 7.11 Å². The summed E-state index contributed by atoms with van der Waals surface area (Å²) in [4.78, 5) is 0. The summed E-state index contributed by atoms with van der Waals surface area (Å²) in [5.74, 6) is 1.13. The molecule has 0 unspecified atom stereocenters. The number of methoxy groups -OCH3 is 1. The predicted octanol–water partition coefficient (Wildman–Crippen LogP) is 3.44. The van der Waals surface area contributed by atoms with Gasteiger partial charge in [0.2, 0.25) is 10.0 Å². The third-order valence-corrected chi connectivity index (χ3v) is 4.91. The molecule has 0 atom stereocenters. The summed E-state index contributed by atoms with van der Waals surface area (Å²) < 4.78 is 32.4. The van der Waals surface area contributed by atoms with Crippen LogP contribution in [0.25, 0.3) is 0 Å². The van der Waals surface area contributed by atoms with Gasteiger partial charge in [-0.25, -0.2) is 13.1 Å². The quantitative estimate of drug-likeness (QED) is 0.844. The van der Waals surface area contributed by atoms with Crippen molar-refractivity contribution in [2.24, 2.45) is 0 Å². The zero-order valence-electron chi connectivity index (χ0n) is 13.7. The molecule has 0 aliphatic heterocycles. The van der Waals surface area contributed by atoms with Crippen LogP contribution in [0.15, 0.2) is 48.5 Å². The van der Waals surface area contributed by atoms with Crippen molar-refractivity contribution in [3.05, 3.63) is 65.2 Å². The van der Waals surface area contributed by atoms with Crippen LogP contribution in [0.5, 0.6) is 5.75 Å². The van der Waals surface area contributed by atoms with Crippen molar-refractivity contribution in [1.29, 1.82) is 0 Å². The maximum absolute atomic E-state index is 12.2. The first-order chi connectivity index (χ1) is 10.9. The Balaban J connectivity index is 2.06. The van der Waals surface area contributed by atoms with E-state index in [0.717, 1.165) is 22.4 Å². The summed E-state index contributed by atoms with van der Waals surface area (Å²) in [6.07, 6.45) is 0. The van der Waals surface area contributed by atoms with E-state index >= 15 is 0 Å². The van der Waals surface area contributed by atoms with E-state index < -0.39 is 10.0 Å². The van der Waals surface area contributed by atoms with Gasteiger partial charge in [0.05, 0.1) is 12.9 Å². The van der Waals surface area contributed by atoms with E-state index in [0.29, 0.717) is 5.92 Å². The Bertz CT molecular complexity index is 740. The van der Waals surface area contributed by atoms with Crippen molar-refractivity contribution >= 4 is 10.0 Å². The number of benzene rings is 2. The fourth-order valence-corrected chi connectivity index (χ4v) is 3.50. The molecule has 23 heavy (non-hydrogen) atoms. The Morgan fingerprint density at radius 3 is 2.35 bits per heavy atom. The van der Waals surface area contributed by atoms with Crippen LogP contribution in [0, 0.1) is 0 Å². The Kier molecular flexibility index (Phi) is 5.80. The van der Waals surface area contributed by atoms with Gasteiger partial charge in [-0.15, -0.1) is 0 Å². The molecule has 0 fully saturated rings. The molecule has 0 aromatic heterocycles. The van der Waals surface area contributed by atoms with Crippen molar-refractivity contribution in [3.63, 3.8) is 0 Å². The third-order valence-electron chi connectivity index (χ3n) is 3.61. The van der Waals surface area contributed by atoms with Gasteiger partial charge in [0, 0.05) is 6.54 Å². The van der Waals surface area contributed by atoms with Gasteiger partial charge in [-0.1, -0.05) is 56.3 Å². The smallest absolute Gasteiger partial charge is 0.216 e. The van der Waals surface area contributed by atoms with Crippen LogP contribution in [0.4, 0.5) is 0 Å². The molecule has 1 N–H and O–H groups in total. The molecule has 2 aromatic rings. The number of ether oxygens (including phenoxy) is 1. The highest BCUT2D eigenvalue weighted by Crippen LogP contribution is 2.27. The minimum atomic E-state index is -3.36. The Morgan fingerprint density at radius 2 is 1.74 bits per heavy atom. The molecule has 0 aliphatic rings. The monoisotopic (exact) mass is 333 g/mol. The number of rotatable bonds is 7. The summed E-state index contributed by atoms with van der Waals surface area (Å²) in [5, 5.41) is 0. The summed E-state index contributed by atoms with van der Waals surface area (Å²) in [6.45, 7) is 4.45. The first kappa shape index (κ1) is 17.5. The van der Waals surface area contributed by atoms with Crippen LogP contribution in [0.3, 0.4) is 0 Å². The maximum atomic E-state index is 12.2. The molecule has 0 amide bonds. The first-order valence-electron chi connectivity index (χ1n) is 7.59. The average molecular weight is 333 g/mol. The highest BCUT2D eigenvalue weighted by atomic mass is 32.2. The number of sulfonamides is 1. The molecule has 0 saturated heterocycles. The Hall–Kier alpha value is -1.85. The van der Waals surface area contributed by atoms with E-state index in [1.807, 2.05) is 48.5 Å². The molecule has 0 heterocycles. The van der Waals surface area contributed by atoms with E-state index in [-0.39, 0.29) is 12.3 Å². The van der Waals surface area contributed by atoms with Gasteiger partial charge in [0.1, 0.15) is 5.75 Å². The zero-order chi connectivity index (χ0) is 16.9. The van der Waals surface area contributed by atoms with Gasteiger partial charge >= 0.3 is 0 Å². The van der Waals surface area contributed by atoms with Crippen LogP contribution in [0.2, 0.25) is 0 Å². The second kappa shape index (κ2) is 7.62. The molecule has 0 spiro atoms. The van der Waals surface area contributed by atoms with Crippen LogP contribution < -0.4 is 9.46 Å². The van der Waals surface area contributed by atoms with E-state index in [4.69, 9.17) is 4.74 Å². The first-order valence-corrected chi connectivity index (χ1v) is 9.24. The van der Waals surface area contributed by atoms with E-state index in [9.17, 15) is 8.42 Å². The predicted molar refractivity (Wildman–Crippen MR) is 93.0 cm³/mol. The molecule has 2 aromatic carbocycles. The third kappa shape index (κ3) is 5.08. The number of hydrogen-bond donors (Lipinski definition) is 1. The lowest BCUT2D eigenvalue weighted by Crippen LogP contribution is -2.24. The Labute approximate surface area is 138 Å². The molecule has 0 bridgehead atoms. The lowest BCUT2D eigenvalue weighted by Gasteiger charge is -2.14. The van der Waals surface area contributed by atoms with Gasteiger partial charge in [-0.2, -0.15) is 0 Å². The standard InChI is InChI=1S/C18H23NO3S/c1-14(2)17-11-16(9-10-18(17)22-3)12-19-23(20,21)13-15-7-5-4-6-8-15/h4-11,14,19H,12-13H2,1-3H3. The van der Waals surface area contributed by atoms with E-state index in [1.165, 1.54) is 0 Å². The molecule has 124 valence electrons. The lowest BCUT2D eigenvalue weighted by atomic mass is 9.99. The fourth-order valence-electron chi connectivity index (χ4n) is 2.38. The highest BCUT2D eigenvalue weighted by molar-refractivity contribution is 7.88. The normalized spacial score (nSPS) is 11.7. The number of nitrogens with one attached hydrogen (secondary N) is 1. The van der Waals surface area contributed by atoms with Crippen molar-refractivity contribution < 1.29 is 13.2 Å². The SMILES string of the molecule is COc1ccc(CNS(=O)(=O)Cc2ccccc2)cc1C(C)C. The molecular formula is C18H23NO3S. The zero-order valence-corrected chi connectivity index (χ0v) is 14.6. The van der Waals surface area contributed by atoms with Gasteiger partial charge in [0.15, 0.2) is 0 Å². The van der Waals surface area contributed by atoms with Crippen LogP contribution in [0.1, 0.15) is 36.5 Å². The molecule has 0 aliphatic carbocycles. The van der Waals surface area contributed by atoms with Crippen molar-refractivity contribution in [1.82, 2.24) is 4.72 Å². The average Bonchev–Trinajstić information content (AvgIpc) is 2.53. The second-order valence-corrected chi connectivity index (χ2v) is 7.60. The van der Waals surface area contributed by atoms with Crippen molar-refractivity contribution in [3.8, 4) is 5.75 Å². The topological polar surface area (TPSA) is 55.4 Å². The minimum Gasteiger partial charge on any atom is -0.496 e. The maximum Gasteiger partial charge on any atom is 0.216 e. The summed E-state index contributed by atoms with van der Waals surface area (Å²) in [5.41, 5.74) is 2.77. The largest absolute Gasteiger partial charge is 0.496 e. The minimum absolute atomic E-state index is 0.0129. The van der Waals surface area contributed by atoms with Crippen molar-refractivity contribution in [2.45, 2.75) is 32.1 Å². The van der Waals surface area contributed by atoms with Gasteiger partial charge in [-0.05, 0) is 28.7 Å². The van der Waals surface area contributed by atoms with E-state index in [1.54, 1.807) is 7.11 Å². The molecule has 4 nitrogen and oxygen atoms in total. The summed E-state index contributed by atoms with van der Waals surface area (Å²) >= 11 is 0. The number of hydrogen-bond acceptors (Lipinski definition) is 3. The van der Waals surface area contributed by atoms with E-state index in [2.05, 4.69) is 18.6 Å². The van der Waals surface area contributed by atoms with Crippen LogP contribution in [-0.4, -0.2) is 15.5 Å². The summed E-state index contributed by atoms with van der Waals surface area (Å²) in [6, 6.07) is 14.9. The van der Waals surface area contributed by atoms with Crippen LogP contribution >= 0.6 is 0 Å². The molecular weight excluding hydrogens is 310 g/mol. The van der Waals surface area contributed by atoms with Gasteiger partial charge in [-0.3, -0.25) is 0 Å². The molecule has 5 heteroatoms. The molecule has 0 radical (unpaired) electrons. The van der Waals surface area contributed by atoms with Gasteiger partial charge < -0.3 is 4.74 Å². The molecule has 2 rings (SSSR count). The molecule has 0 saturated carbocycles. The Morgan fingerprint density at radius 1 is 1.04 bits per heavy atom. The highest BCUT2D eigenvalue weighted by Gasteiger charge is 2.13. The van der Waals surface area contributed by atoms with Gasteiger partial charge in [0.25, 0.3) is 0 Å².